The summed E-state index contributed by atoms with van der Waals surface area (Å²) >= 11 is 0. The lowest BCUT2D eigenvalue weighted by molar-refractivity contribution is -0.135. The van der Waals surface area contributed by atoms with Gasteiger partial charge in [-0.2, -0.15) is 0 Å². The molecule has 1 heterocycles. The number of hydrogen-bond donors (Lipinski definition) is 0. The van der Waals surface area contributed by atoms with Crippen molar-refractivity contribution >= 4 is 5.91 Å². The number of amides is 1. The maximum atomic E-state index is 11.4. The zero-order chi connectivity index (χ0) is 9.84. The highest BCUT2D eigenvalue weighted by molar-refractivity contribution is 5.75. The van der Waals surface area contributed by atoms with Gasteiger partial charge in [-0.05, 0) is 19.8 Å². The topological polar surface area (TPSA) is 29.5 Å². The lowest BCUT2D eigenvalue weighted by Gasteiger charge is -2.33. The first-order valence-electron chi connectivity index (χ1n) is 5.02. The number of carbonyl (C=O) groups excluding carboxylic acids is 1. The van der Waals surface area contributed by atoms with Crippen molar-refractivity contribution < 1.29 is 9.53 Å². The highest BCUT2D eigenvalue weighted by Crippen LogP contribution is 2.17. The molecule has 0 aromatic carbocycles. The lowest BCUT2D eigenvalue weighted by atomic mass is 10.0. The first kappa shape index (κ1) is 10.5. The van der Waals surface area contributed by atoms with Crippen molar-refractivity contribution in [1.29, 1.82) is 0 Å². The Morgan fingerprint density at radius 2 is 2.23 bits per heavy atom. The zero-order valence-electron chi connectivity index (χ0n) is 8.75. The largest absolute Gasteiger partial charge is 0.376 e. The molecule has 76 valence electrons. The summed E-state index contributed by atoms with van der Waals surface area (Å²) in [6, 6.07) is 0.295. The Labute approximate surface area is 80.1 Å². The number of hydrogen-bond acceptors (Lipinski definition) is 2. The second-order valence-corrected chi connectivity index (χ2v) is 3.73. The molecule has 0 aliphatic carbocycles. The Balaban J connectivity index is 2.39. The molecule has 1 amide bonds. The summed E-state index contributed by atoms with van der Waals surface area (Å²) in [5.41, 5.74) is 0. The fourth-order valence-corrected chi connectivity index (χ4v) is 1.63. The van der Waals surface area contributed by atoms with Gasteiger partial charge in [0.1, 0.15) is 0 Å². The van der Waals surface area contributed by atoms with Gasteiger partial charge in [0, 0.05) is 13.5 Å². The van der Waals surface area contributed by atoms with Crippen molar-refractivity contribution in [1.82, 2.24) is 4.90 Å². The molecule has 2 atom stereocenters. The Bertz CT molecular complexity index is 174. The van der Waals surface area contributed by atoms with Crippen LogP contribution in [0, 0.1) is 0 Å². The van der Waals surface area contributed by atoms with E-state index in [4.69, 9.17) is 4.74 Å². The minimum absolute atomic E-state index is 0.211. The first-order chi connectivity index (χ1) is 6.15. The number of nitrogens with zero attached hydrogens (tertiary/aromatic N) is 1. The molecule has 1 fully saturated rings. The van der Waals surface area contributed by atoms with Crippen molar-refractivity contribution in [2.45, 2.75) is 45.3 Å². The molecule has 0 bridgehead atoms. The Kier molecular flexibility index (Phi) is 3.72. The summed E-state index contributed by atoms with van der Waals surface area (Å²) in [5, 5.41) is 0. The van der Waals surface area contributed by atoms with E-state index in [1.165, 1.54) is 0 Å². The van der Waals surface area contributed by atoms with Crippen molar-refractivity contribution in [3.8, 4) is 0 Å². The Morgan fingerprint density at radius 3 is 2.69 bits per heavy atom. The predicted octanol–water partition coefficient (Wildman–Crippen LogP) is 1.42. The van der Waals surface area contributed by atoms with Crippen LogP contribution >= 0.6 is 0 Å². The smallest absolute Gasteiger partial charge is 0.222 e. The first-order valence-corrected chi connectivity index (χ1v) is 5.02. The maximum Gasteiger partial charge on any atom is 0.222 e. The lowest BCUT2D eigenvalue weighted by Crippen LogP contribution is -2.43. The fraction of sp³-hybridized carbons (Fsp3) is 0.900. The third-order valence-corrected chi connectivity index (χ3v) is 2.72. The molecule has 0 N–H and O–H groups in total. The molecule has 0 aromatic rings. The van der Waals surface area contributed by atoms with E-state index in [1.807, 2.05) is 18.9 Å². The molecule has 1 aliphatic rings. The number of carbonyl (C=O) groups is 1. The van der Waals surface area contributed by atoms with Crippen molar-refractivity contribution in [3.63, 3.8) is 0 Å². The molecule has 0 radical (unpaired) electrons. The van der Waals surface area contributed by atoms with Gasteiger partial charge in [-0.15, -0.1) is 0 Å². The molecule has 0 saturated carbocycles. The summed E-state index contributed by atoms with van der Waals surface area (Å²) in [4.78, 5) is 13.2. The van der Waals surface area contributed by atoms with Crippen molar-refractivity contribution in [2.75, 3.05) is 13.7 Å². The van der Waals surface area contributed by atoms with Crippen LogP contribution in [0.15, 0.2) is 0 Å². The van der Waals surface area contributed by atoms with Gasteiger partial charge in [0.05, 0.1) is 18.8 Å². The molecule has 1 rings (SSSR count). The highest BCUT2D eigenvalue weighted by atomic mass is 16.5. The minimum Gasteiger partial charge on any atom is -0.376 e. The third-order valence-electron chi connectivity index (χ3n) is 2.72. The maximum absolute atomic E-state index is 11.4. The van der Waals surface area contributed by atoms with Crippen LogP contribution in [0.2, 0.25) is 0 Å². The molecule has 1 aliphatic heterocycles. The van der Waals surface area contributed by atoms with Crippen LogP contribution in [0.25, 0.3) is 0 Å². The van der Waals surface area contributed by atoms with E-state index in [1.54, 1.807) is 0 Å². The molecule has 0 spiro atoms. The summed E-state index contributed by atoms with van der Waals surface area (Å²) in [6.45, 7) is 4.67. The number of likely N-dealkylation sites (N-methyl/N-ethyl adjacent to an activating group) is 1. The molecule has 3 nitrogen and oxygen atoms in total. The van der Waals surface area contributed by atoms with Crippen molar-refractivity contribution in [3.05, 3.63) is 0 Å². The van der Waals surface area contributed by atoms with Crippen LogP contribution in [0.5, 0.6) is 0 Å². The molecule has 13 heavy (non-hydrogen) atoms. The Hall–Kier alpha value is -0.570. The molecule has 0 aromatic heterocycles. The van der Waals surface area contributed by atoms with Gasteiger partial charge < -0.3 is 9.64 Å². The van der Waals surface area contributed by atoms with Crippen LogP contribution < -0.4 is 0 Å². The van der Waals surface area contributed by atoms with Crippen LogP contribution in [-0.4, -0.2) is 36.6 Å². The van der Waals surface area contributed by atoms with E-state index in [-0.39, 0.29) is 5.91 Å². The average molecular weight is 185 g/mol. The Morgan fingerprint density at radius 1 is 1.54 bits per heavy atom. The standard InChI is InChI=1S/C10H19NO2/c1-4-10(12)11(3)9-6-5-8(2)13-7-9/h8-9H,4-7H2,1-3H3/t8-,9+/m0/s1. The van der Waals surface area contributed by atoms with Gasteiger partial charge in [-0.25, -0.2) is 0 Å². The third kappa shape index (κ3) is 2.69. The SMILES string of the molecule is CCC(=O)N(C)[C@@H]1CC[C@H](C)OC1. The van der Waals surface area contributed by atoms with Gasteiger partial charge in [0.2, 0.25) is 5.91 Å². The predicted molar refractivity (Wildman–Crippen MR) is 51.5 cm³/mol. The molecular formula is C10H19NO2. The van der Waals surface area contributed by atoms with Gasteiger partial charge in [0.15, 0.2) is 0 Å². The van der Waals surface area contributed by atoms with Crippen LogP contribution in [0.4, 0.5) is 0 Å². The number of ether oxygens (including phenoxy) is 1. The molecule has 1 saturated heterocycles. The van der Waals surface area contributed by atoms with E-state index in [2.05, 4.69) is 6.92 Å². The van der Waals surface area contributed by atoms with Gasteiger partial charge >= 0.3 is 0 Å². The van der Waals surface area contributed by atoms with Crippen LogP contribution in [0.3, 0.4) is 0 Å². The van der Waals surface area contributed by atoms with E-state index >= 15 is 0 Å². The summed E-state index contributed by atoms with van der Waals surface area (Å²) < 4.78 is 5.51. The highest BCUT2D eigenvalue weighted by Gasteiger charge is 2.24. The van der Waals surface area contributed by atoms with Gasteiger partial charge in [0.25, 0.3) is 0 Å². The summed E-state index contributed by atoms with van der Waals surface area (Å²) in [6.07, 6.45) is 3.08. The van der Waals surface area contributed by atoms with E-state index in [0.29, 0.717) is 25.2 Å². The molecule has 0 unspecified atom stereocenters. The van der Waals surface area contributed by atoms with Crippen LogP contribution in [-0.2, 0) is 9.53 Å². The van der Waals surface area contributed by atoms with Crippen molar-refractivity contribution in [2.24, 2.45) is 0 Å². The normalized spacial score (nSPS) is 28.5. The van der Waals surface area contributed by atoms with Gasteiger partial charge in [-0.1, -0.05) is 6.92 Å². The molecular weight excluding hydrogens is 166 g/mol. The minimum atomic E-state index is 0.211. The quantitative estimate of drug-likeness (QED) is 0.651. The number of rotatable bonds is 2. The molecule has 3 heteroatoms. The summed E-state index contributed by atoms with van der Waals surface area (Å²) in [5.74, 6) is 0.211. The van der Waals surface area contributed by atoms with Gasteiger partial charge in [-0.3, -0.25) is 4.79 Å². The van der Waals surface area contributed by atoms with E-state index < -0.39 is 0 Å². The van der Waals surface area contributed by atoms with Crippen LogP contribution in [0.1, 0.15) is 33.1 Å². The average Bonchev–Trinajstić information content (AvgIpc) is 2.17. The van der Waals surface area contributed by atoms with E-state index in [0.717, 1.165) is 12.8 Å². The monoisotopic (exact) mass is 185 g/mol. The van der Waals surface area contributed by atoms with E-state index in [9.17, 15) is 4.79 Å². The second kappa shape index (κ2) is 4.61. The zero-order valence-corrected chi connectivity index (χ0v) is 8.75. The fourth-order valence-electron chi connectivity index (χ4n) is 1.63. The second-order valence-electron chi connectivity index (χ2n) is 3.73. The summed E-state index contributed by atoms with van der Waals surface area (Å²) in [7, 11) is 1.87.